The molecule has 2 aromatic carbocycles. The summed E-state index contributed by atoms with van der Waals surface area (Å²) in [4.78, 5) is 21.1. The Balaban J connectivity index is 2.09. The number of rotatable bonds is 4. The van der Waals surface area contributed by atoms with Crippen molar-refractivity contribution in [1.29, 1.82) is 0 Å². The lowest BCUT2D eigenvalue weighted by Gasteiger charge is -2.30. The zero-order valence-corrected chi connectivity index (χ0v) is 14.1. The van der Waals surface area contributed by atoms with Crippen molar-refractivity contribution in [2.24, 2.45) is 0 Å². The maximum absolute atomic E-state index is 13.9. The SMILES string of the molecule is CC(C=O)c1ccccc1C1(C)OOC(c2ccccc2)(C(F)(F)F)O1. The summed E-state index contributed by atoms with van der Waals surface area (Å²) in [6, 6.07) is 13.5. The van der Waals surface area contributed by atoms with E-state index in [1.54, 1.807) is 37.3 Å². The Hall–Kier alpha value is -2.22. The van der Waals surface area contributed by atoms with E-state index in [1.165, 1.54) is 31.2 Å². The van der Waals surface area contributed by atoms with E-state index in [9.17, 15) is 18.0 Å². The second-order valence-electron chi connectivity index (χ2n) is 6.21. The molecule has 0 spiro atoms. The fourth-order valence-corrected chi connectivity index (χ4v) is 2.96. The molecule has 0 bridgehead atoms. The first-order chi connectivity index (χ1) is 12.2. The summed E-state index contributed by atoms with van der Waals surface area (Å²) in [6.07, 6.45) is -4.19. The third kappa shape index (κ3) is 2.92. The van der Waals surface area contributed by atoms with Gasteiger partial charge >= 0.3 is 12.0 Å². The molecule has 26 heavy (non-hydrogen) atoms. The van der Waals surface area contributed by atoms with Gasteiger partial charge in [0.05, 0.1) is 0 Å². The minimum absolute atomic E-state index is 0.239. The summed E-state index contributed by atoms with van der Waals surface area (Å²) >= 11 is 0. The number of aldehydes is 1. The molecule has 4 nitrogen and oxygen atoms in total. The molecule has 2 aromatic rings. The zero-order valence-electron chi connectivity index (χ0n) is 14.1. The normalized spacial score (nSPS) is 27.3. The van der Waals surface area contributed by atoms with Crippen molar-refractivity contribution in [2.75, 3.05) is 0 Å². The third-order valence-corrected chi connectivity index (χ3v) is 4.33. The summed E-state index contributed by atoms with van der Waals surface area (Å²) < 4.78 is 47.1. The van der Waals surface area contributed by atoms with Gasteiger partial charge in [0.1, 0.15) is 6.29 Å². The van der Waals surface area contributed by atoms with Gasteiger partial charge in [-0.15, -0.1) is 0 Å². The highest BCUT2D eigenvalue weighted by Crippen LogP contribution is 2.54. The fraction of sp³-hybridized carbons (Fsp3) is 0.316. The Bertz CT molecular complexity index is 793. The first-order valence-corrected chi connectivity index (χ1v) is 7.97. The van der Waals surface area contributed by atoms with Crippen LogP contribution in [0.1, 0.15) is 36.5 Å². The number of benzene rings is 2. The maximum atomic E-state index is 13.9. The van der Waals surface area contributed by atoms with E-state index in [1.807, 2.05) is 0 Å². The average Bonchev–Trinajstić information content (AvgIpc) is 3.02. The van der Waals surface area contributed by atoms with Crippen molar-refractivity contribution >= 4 is 6.29 Å². The summed E-state index contributed by atoms with van der Waals surface area (Å²) in [5, 5.41) is 0. The van der Waals surface area contributed by atoms with Gasteiger partial charge in [0, 0.05) is 17.0 Å². The highest BCUT2D eigenvalue weighted by atomic mass is 19.4. The van der Waals surface area contributed by atoms with Gasteiger partial charge < -0.3 is 4.79 Å². The van der Waals surface area contributed by atoms with Crippen LogP contribution in [0, 0.1) is 0 Å². The summed E-state index contributed by atoms with van der Waals surface area (Å²) in [5.74, 6) is -5.47. The quantitative estimate of drug-likeness (QED) is 0.588. The number of hydrogen-bond acceptors (Lipinski definition) is 4. The van der Waals surface area contributed by atoms with Crippen LogP contribution in [0.4, 0.5) is 13.2 Å². The van der Waals surface area contributed by atoms with E-state index in [4.69, 9.17) is 14.5 Å². The van der Waals surface area contributed by atoms with Crippen LogP contribution in [0.3, 0.4) is 0 Å². The smallest absolute Gasteiger partial charge is 0.303 e. The van der Waals surface area contributed by atoms with Crippen molar-refractivity contribution in [3.63, 3.8) is 0 Å². The lowest BCUT2D eigenvalue weighted by atomic mass is 9.92. The first kappa shape index (κ1) is 18.6. The van der Waals surface area contributed by atoms with Gasteiger partial charge in [0.15, 0.2) is 0 Å². The second-order valence-corrected chi connectivity index (χ2v) is 6.21. The number of alkyl halides is 3. The molecule has 0 amide bonds. The van der Waals surface area contributed by atoms with Crippen LogP contribution in [-0.4, -0.2) is 12.5 Å². The largest absolute Gasteiger partial charge is 0.451 e. The fourth-order valence-electron chi connectivity index (χ4n) is 2.96. The lowest BCUT2D eigenvalue weighted by molar-refractivity contribution is -0.421. The number of carbonyl (C=O) groups is 1. The van der Waals surface area contributed by atoms with Gasteiger partial charge in [-0.2, -0.15) is 22.9 Å². The summed E-state index contributed by atoms with van der Waals surface area (Å²) in [6.45, 7) is 2.97. The zero-order chi connectivity index (χ0) is 19.0. The Morgan fingerprint density at radius 1 is 1.00 bits per heavy atom. The molecule has 0 N–H and O–H groups in total. The van der Waals surface area contributed by atoms with Crippen LogP contribution in [0.5, 0.6) is 0 Å². The van der Waals surface area contributed by atoms with E-state index >= 15 is 0 Å². The monoisotopic (exact) mass is 366 g/mol. The second kappa shape index (κ2) is 6.50. The van der Waals surface area contributed by atoms with Crippen LogP contribution >= 0.6 is 0 Å². The molecule has 0 radical (unpaired) electrons. The molecule has 1 aliphatic rings. The standard InChI is InChI=1S/C19H17F3O4/c1-13(12-23)15-10-6-7-11-16(15)17(2)24-18(26-25-17,19(20,21)22)14-8-4-3-5-9-14/h3-13H,1-2H3. The molecule has 3 atom stereocenters. The maximum Gasteiger partial charge on any atom is 0.451 e. The molecule has 1 fully saturated rings. The molecule has 0 aliphatic carbocycles. The molecule has 3 rings (SSSR count). The molecule has 7 heteroatoms. The minimum Gasteiger partial charge on any atom is -0.303 e. The van der Waals surface area contributed by atoms with Gasteiger partial charge in [0.2, 0.25) is 5.79 Å². The third-order valence-electron chi connectivity index (χ3n) is 4.33. The predicted molar refractivity (Wildman–Crippen MR) is 85.7 cm³/mol. The van der Waals surface area contributed by atoms with Gasteiger partial charge in [-0.05, 0) is 12.5 Å². The van der Waals surface area contributed by atoms with Crippen LogP contribution in [0.15, 0.2) is 54.6 Å². The molecule has 1 saturated heterocycles. The Labute approximate surface area is 148 Å². The van der Waals surface area contributed by atoms with E-state index in [2.05, 4.69) is 0 Å². The van der Waals surface area contributed by atoms with Crippen LogP contribution in [0.25, 0.3) is 0 Å². The molecular weight excluding hydrogens is 349 g/mol. The van der Waals surface area contributed by atoms with Crippen LogP contribution < -0.4 is 0 Å². The van der Waals surface area contributed by atoms with E-state index < -0.39 is 23.7 Å². The lowest BCUT2D eigenvalue weighted by Crippen LogP contribution is -2.45. The van der Waals surface area contributed by atoms with Crippen molar-refractivity contribution in [1.82, 2.24) is 0 Å². The number of carbonyl (C=O) groups excluding carboxylic acids is 1. The van der Waals surface area contributed by atoms with Gasteiger partial charge in [-0.25, -0.2) is 0 Å². The van der Waals surface area contributed by atoms with E-state index in [-0.39, 0.29) is 5.56 Å². The van der Waals surface area contributed by atoms with Crippen molar-refractivity contribution in [2.45, 2.75) is 37.5 Å². The molecular formula is C19H17F3O4. The van der Waals surface area contributed by atoms with E-state index in [0.29, 0.717) is 17.4 Å². The highest BCUT2D eigenvalue weighted by molar-refractivity contribution is 5.63. The number of halogens is 3. The summed E-state index contributed by atoms with van der Waals surface area (Å²) in [5.41, 5.74) is 0.554. The Kier molecular flexibility index (Phi) is 4.64. The summed E-state index contributed by atoms with van der Waals surface area (Å²) in [7, 11) is 0. The van der Waals surface area contributed by atoms with Gasteiger partial charge in [-0.3, -0.25) is 4.74 Å². The minimum atomic E-state index is -4.89. The topological polar surface area (TPSA) is 44.8 Å². The number of ether oxygens (including phenoxy) is 1. The average molecular weight is 366 g/mol. The van der Waals surface area contributed by atoms with Crippen molar-refractivity contribution in [3.05, 3.63) is 71.3 Å². The molecule has 1 aliphatic heterocycles. The first-order valence-electron chi connectivity index (χ1n) is 7.97. The molecule has 3 unspecified atom stereocenters. The predicted octanol–water partition coefficient (Wildman–Crippen LogP) is 4.56. The van der Waals surface area contributed by atoms with Crippen LogP contribution in [0.2, 0.25) is 0 Å². The Morgan fingerprint density at radius 2 is 1.62 bits per heavy atom. The molecule has 1 heterocycles. The Morgan fingerprint density at radius 3 is 2.23 bits per heavy atom. The molecule has 138 valence electrons. The van der Waals surface area contributed by atoms with Crippen molar-refractivity contribution in [3.8, 4) is 0 Å². The van der Waals surface area contributed by atoms with Crippen LogP contribution in [-0.2, 0) is 30.9 Å². The van der Waals surface area contributed by atoms with Gasteiger partial charge in [-0.1, -0.05) is 61.5 Å². The van der Waals surface area contributed by atoms with Gasteiger partial charge in [0.25, 0.3) is 0 Å². The highest BCUT2D eigenvalue weighted by Gasteiger charge is 2.68. The van der Waals surface area contributed by atoms with Crippen molar-refractivity contribution < 1.29 is 32.5 Å². The molecule has 0 saturated carbocycles. The van der Waals surface area contributed by atoms with E-state index in [0.717, 1.165) is 0 Å². The number of hydrogen-bond donors (Lipinski definition) is 0. The molecule has 0 aromatic heterocycles.